The van der Waals surface area contributed by atoms with Crippen LogP contribution in [-0.2, 0) is 10.0 Å². The third kappa shape index (κ3) is 3.20. The number of benzene rings is 1. The Labute approximate surface area is 119 Å². The van der Waals surface area contributed by atoms with Crippen LogP contribution in [0, 0.1) is 0 Å². The fourth-order valence-electron chi connectivity index (χ4n) is 2.13. The van der Waals surface area contributed by atoms with E-state index in [1.54, 1.807) is 6.07 Å². The van der Waals surface area contributed by atoms with E-state index in [1.165, 1.54) is 16.4 Å². The first-order valence-corrected chi connectivity index (χ1v) is 7.97. The quantitative estimate of drug-likeness (QED) is 0.835. The lowest BCUT2D eigenvalue weighted by Gasteiger charge is -2.20. The van der Waals surface area contributed by atoms with Crippen molar-refractivity contribution in [3.05, 3.63) is 23.2 Å². The van der Waals surface area contributed by atoms with Crippen molar-refractivity contribution in [2.24, 2.45) is 0 Å². The van der Waals surface area contributed by atoms with Gasteiger partial charge in [-0.05, 0) is 38.2 Å². The molecule has 106 valence electrons. The molecule has 0 amide bonds. The van der Waals surface area contributed by atoms with E-state index in [0.717, 1.165) is 19.5 Å². The molecule has 0 atom stereocenters. The summed E-state index contributed by atoms with van der Waals surface area (Å²) in [6.45, 7) is 2.64. The van der Waals surface area contributed by atoms with Gasteiger partial charge in [-0.2, -0.15) is 4.31 Å². The van der Waals surface area contributed by atoms with Crippen molar-refractivity contribution in [1.82, 2.24) is 9.21 Å². The number of nitrogen functional groups attached to an aromatic ring is 1. The SMILES string of the molecule is CN1CCCN(S(=O)(=O)c2ccc(N)cc2Cl)CC1. The van der Waals surface area contributed by atoms with Crippen LogP contribution in [0.5, 0.6) is 0 Å². The van der Waals surface area contributed by atoms with Crippen LogP contribution in [0.25, 0.3) is 0 Å². The van der Waals surface area contributed by atoms with Gasteiger partial charge in [-0.15, -0.1) is 0 Å². The van der Waals surface area contributed by atoms with E-state index >= 15 is 0 Å². The van der Waals surface area contributed by atoms with Gasteiger partial charge in [0.15, 0.2) is 0 Å². The first-order valence-electron chi connectivity index (χ1n) is 6.15. The van der Waals surface area contributed by atoms with Gasteiger partial charge in [0.05, 0.1) is 5.02 Å². The highest BCUT2D eigenvalue weighted by atomic mass is 35.5. The van der Waals surface area contributed by atoms with Gasteiger partial charge in [0.25, 0.3) is 0 Å². The normalized spacial score (nSPS) is 19.3. The number of nitrogens with zero attached hydrogens (tertiary/aromatic N) is 2. The van der Waals surface area contributed by atoms with Crippen LogP contribution in [0.2, 0.25) is 5.02 Å². The molecule has 0 unspecified atom stereocenters. The Hall–Kier alpha value is -0.820. The Bertz CT molecular complexity index is 562. The van der Waals surface area contributed by atoms with E-state index < -0.39 is 10.0 Å². The maximum Gasteiger partial charge on any atom is 0.244 e. The predicted molar refractivity (Wildman–Crippen MR) is 76.7 cm³/mol. The zero-order valence-electron chi connectivity index (χ0n) is 10.8. The predicted octanol–water partition coefficient (Wildman–Crippen LogP) is 1.25. The molecular weight excluding hydrogens is 286 g/mol. The molecule has 0 spiro atoms. The number of hydrogen-bond acceptors (Lipinski definition) is 4. The number of hydrogen-bond donors (Lipinski definition) is 1. The van der Waals surface area contributed by atoms with Crippen LogP contribution >= 0.6 is 11.6 Å². The molecule has 0 aliphatic carbocycles. The second kappa shape index (κ2) is 5.66. The Kier molecular flexibility index (Phi) is 4.35. The molecule has 0 aromatic heterocycles. The highest BCUT2D eigenvalue weighted by Gasteiger charge is 2.27. The van der Waals surface area contributed by atoms with Crippen LogP contribution in [-0.4, -0.2) is 50.8 Å². The molecule has 2 N–H and O–H groups in total. The highest BCUT2D eigenvalue weighted by Crippen LogP contribution is 2.27. The standard InChI is InChI=1S/C12H18ClN3O2S/c1-15-5-2-6-16(8-7-15)19(17,18)12-4-3-10(14)9-11(12)13/h3-4,9H,2,5-8,14H2,1H3. The van der Waals surface area contributed by atoms with Gasteiger partial charge in [0.2, 0.25) is 10.0 Å². The van der Waals surface area contributed by atoms with Gasteiger partial charge in [0.1, 0.15) is 4.90 Å². The minimum atomic E-state index is -3.54. The van der Waals surface area contributed by atoms with Gasteiger partial charge in [0, 0.05) is 25.3 Å². The number of sulfonamides is 1. The zero-order chi connectivity index (χ0) is 14.0. The lowest BCUT2D eigenvalue weighted by atomic mass is 10.3. The number of rotatable bonds is 2. The van der Waals surface area contributed by atoms with Crippen molar-refractivity contribution in [3.63, 3.8) is 0 Å². The molecule has 1 aliphatic rings. The lowest BCUT2D eigenvalue weighted by molar-refractivity contribution is 0.347. The van der Waals surface area contributed by atoms with Crippen molar-refractivity contribution in [3.8, 4) is 0 Å². The van der Waals surface area contributed by atoms with E-state index in [4.69, 9.17) is 17.3 Å². The topological polar surface area (TPSA) is 66.6 Å². The van der Waals surface area contributed by atoms with Gasteiger partial charge in [-0.25, -0.2) is 8.42 Å². The summed E-state index contributed by atoms with van der Waals surface area (Å²) in [4.78, 5) is 2.26. The van der Waals surface area contributed by atoms with Crippen LogP contribution in [0.4, 0.5) is 5.69 Å². The largest absolute Gasteiger partial charge is 0.399 e. The molecule has 1 aliphatic heterocycles. The molecule has 1 saturated heterocycles. The van der Waals surface area contributed by atoms with E-state index in [-0.39, 0.29) is 9.92 Å². The monoisotopic (exact) mass is 303 g/mol. The summed E-state index contributed by atoms with van der Waals surface area (Å²) in [5, 5.41) is 0.178. The minimum Gasteiger partial charge on any atom is -0.399 e. The summed E-state index contributed by atoms with van der Waals surface area (Å²) in [5.41, 5.74) is 6.05. The Morgan fingerprint density at radius 1 is 1.21 bits per heavy atom. The Balaban J connectivity index is 2.31. The zero-order valence-corrected chi connectivity index (χ0v) is 12.4. The Morgan fingerprint density at radius 3 is 2.63 bits per heavy atom. The van der Waals surface area contributed by atoms with Gasteiger partial charge in [-0.1, -0.05) is 11.6 Å². The molecule has 1 aromatic carbocycles. The highest BCUT2D eigenvalue weighted by molar-refractivity contribution is 7.89. The summed E-state index contributed by atoms with van der Waals surface area (Å²) in [6.07, 6.45) is 0.822. The van der Waals surface area contributed by atoms with Crippen molar-refractivity contribution in [2.45, 2.75) is 11.3 Å². The van der Waals surface area contributed by atoms with Gasteiger partial charge < -0.3 is 10.6 Å². The fourth-order valence-corrected chi connectivity index (χ4v) is 4.13. The smallest absolute Gasteiger partial charge is 0.244 e. The van der Waals surface area contributed by atoms with Crippen LogP contribution in [0.15, 0.2) is 23.1 Å². The molecule has 2 rings (SSSR count). The van der Waals surface area contributed by atoms with E-state index in [2.05, 4.69) is 4.90 Å². The van der Waals surface area contributed by atoms with Crippen LogP contribution in [0.3, 0.4) is 0 Å². The second-order valence-corrected chi connectivity index (χ2v) is 7.06. The maximum absolute atomic E-state index is 12.6. The van der Waals surface area contributed by atoms with Crippen molar-refractivity contribution in [2.75, 3.05) is 39.0 Å². The molecular formula is C12H18ClN3O2S. The van der Waals surface area contributed by atoms with Crippen molar-refractivity contribution in [1.29, 1.82) is 0 Å². The number of halogens is 1. The summed E-state index contributed by atoms with van der Waals surface area (Å²) in [7, 11) is -1.54. The van der Waals surface area contributed by atoms with Crippen molar-refractivity contribution < 1.29 is 8.42 Å². The summed E-state index contributed by atoms with van der Waals surface area (Å²) in [5.74, 6) is 0. The molecule has 0 bridgehead atoms. The summed E-state index contributed by atoms with van der Waals surface area (Å²) < 4.78 is 26.6. The molecule has 7 heteroatoms. The van der Waals surface area contributed by atoms with Crippen LogP contribution in [0.1, 0.15) is 6.42 Å². The third-order valence-electron chi connectivity index (χ3n) is 3.25. The molecule has 1 heterocycles. The molecule has 1 fully saturated rings. The first-order chi connectivity index (χ1) is 8.91. The molecule has 1 aromatic rings. The molecule has 0 radical (unpaired) electrons. The van der Waals surface area contributed by atoms with Gasteiger partial charge in [-0.3, -0.25) is 0 Å². The Morgan fingerprint density at radius 2 is 1.95 bits per heavy atom. The average molecular weight is 304 g/mol. The fraction of sp³-hybridized carbons (Fsp3) is 0.500. The first kappa shape index (κ1) is 14.6. The average Bonchev–Trinajstić information content (AvgIpc) is 2.53. The summed E-state index contributed by atoms with van der Waals surface area (Å²) >= 11 is 6.01. The van der Waals surface area contributed by atoms with Gasteiger partial charge >= 0.3 is 0 Å². The molecule has 0 saturated carbocycles. The second-order valence-electron chi connectivity index (χ2n) is 4.75. The minimum absolute atomic E-state index is 0.132. The molecule has 5 nitrogen and oxygen atoms in total. The van der Waals surface area contributed by atoms with E-state index in [0.29, 0.717) is 18.8 Å². The number of anilines is 1. The van der Waals surface area contributed by atoms with Crippen molar-refractivity contribution >= 4 is 27.3 Å². The maximum atomic E-state index is 12.6. The van der Waals surface area contributed by atoms with Crippen LogP contribution < -0.4 is 5.73 Å². The lowest BCUT2D eigenvalue weighted by Crippen LogP contribution is -2.34. The van der Waals surface area contributed by atoms with E-state index in [9.17, 15) is 8.42 Å². The third-order valence-corrected chi connectivity index (χ3v) is 5.63. The summed E-state index contributed by atoms with van der Waals surface area (Å²) in [6, 6.07) is 4.50. The van der Waals surface area contributed by atoms with E-state index in [1.807, 2.05) is 7.05 Å². The number of likely N-dealkylation sites (N-methyl/N-ethyl adjacent to an activating group) is 1. The number of nitrogens with two attached hydrogens (primary N) is 1. The molecule has 19 heavy (non-hydrogen) atoms.